The largest absolute Gasteiger partial charge is 0.341 e. The number of nitrogens with zero attached hydrogens (tertiary/aromatic N) is 1. The van der Waals surface area contributed by atoms with E-state index >= 15 is 0 Å². The normalized spacial score (nSPS) is 20.8. The molecule has 2 aromatic carbocycles. The van der Waals surface area contributed by atoms with Crippen LogP contribution in [0.25, 0.3) is 11.1 Å². The van der Waals surface area contributed by atoms with E-state index in [1.165, 1.54) is 18.1 Å². The lowest BCUT2D eigenvalue weighted by Gasteiger charge is -2.56. The highest BCUT2D eigenvalue weighted by atomic mass is 32.2. The SMILES string of the molecule is CSC1(c2ccccc2)C(NC(C)=O)C(=O)N1c1ccccc1.c1cc2cc-2c1. The summed E-state index contributed by atoms with van der Waals surface area (Å²) in [6, 6.07) is 27.3. The third kappa shape index (κ3) is 3.42. The van der Waals surface area contributed by atoms with Crippen molar-refractivity contribution in [3.8, 4) is 11.1 Å². The molecule has 0 aromatic heterocycles. The first kappa shape index (κ1) is 19.3. The van der Waals surface area contributed by atoms with E-state index in [1.54, 1.807) is 16.7 Å². The van der Waals surface area contributed by atoms with E-state index in [0.29, 0.717) is 0 Å². The van der Waals surface area contributed by atoms with E-state index in [1.807, 2.05) is 66.9 Å². The van der Waals surface area contributed by atoms with Gasteiger partial charge in [-0.1, -0.05) is 66.7 Å². The third-order valence-electron chi connectivity index (χ3n) is 5.16. The van der Waals surface area contributed by atoms with Crippen molar-refractivity contribution in [2.24, 2.45) is 0 Å². The number of thioether (sulfide) groups is 1. The average Bonchev–Trinajstić information content (AvgIpc) is 3.36. The Morgan fingerprint density at radius 1 is 0.931 bits per heavy atom. The highest BCUT2D eigenvalue weighted by molar-refractivity contribution is 7.99. The summed E-state index contributed by atoms with van der Waals surface area (Å²) < 4.78 is 0. The van der Waals surface area contributed by atoms with Crippen molar-refractivity contribution in [2.75, 3.05) is 11.2 Å². The minimum absolute atomic E-state index is 0.0930. The zero-order valence-electron chi connectivity index (χ0n) is 16.3. The standard InChI is InChI=1S/C18H18N2O2S.C6H4/c1-13(21)19-16-17(22)20(15-11-7-4-8-12-15)18(16,23-2)14-9-5-3-6-10-14;1-2-5-4-6(5)3-1/h3-12,16H,1-2H3,(H,19,21);1-4H. The predicted molar refractivity (Wildman–Crippen MR) is 119 cm³/mol. The molecule has 5 heteroatoms. The number of nitrogens with one attached hydrogen (secondary N) is 1. The van der Waals surface area contributed by atoms with E-state index in [9.17, 15) is 9.59 Å². The molecule has 2 amide bonds. The predicted octanol–water partition coefficient (Wildman–Crippen LogP) is 4.42. The van der Waals surface area contributed by atoms with Crippen molar-refractivity contribution in [2.45, 2.75) is 17.8 Å². The highest BCUT2D eigenvalue weighted by Gasteiger charge is 2.62. The van der Waals surface area contributed by atoms with Crippen LogP contribution in [0.2, 0.25) is 0 Å². The zero-order chi connectivity index (χ0) is 20.4. The molecule has 0 radical (unpaired) electrons. The Hall–Kier alpha value is -3.05. The lowest BCUT2D eigenvalue weighted by molar-refractivity contribution is -0.133. The Labute approximate surface area is 174 Å². The maximum atomic E-state index is 12.7. The Kier molecular flexibility index (Phi) is 5.16. The second-order valence-electron chi connectivity index (χ2n) is 6.99. The minimum Gasteiger partial charge on any atom is -0.341 e. The molecule has 2 aliphatic carbocycles. The van der Waals surface area contributed by atoms with Crippen LogP contribution in [0.5, 0.6) is 0 Å². The van der Waals surface area contributed by atoms with Crippen LogP contribution in [0.15, 0.2) is 84.9 Å². The van der Waals surface area contributed by atoms with Crippen molar-refractivity contribution in [3.05, 3.63) is 90.5 Å². The molecule has 0 saturated carbocycles. The van der Waals surface area contributed by atoms with E-state index in [0.717, 1.165) is 11.3 Å². The van der Waals surface area contributed by atoms with Crippen molar-refractivity contribution < 1.29 is 9.59 Å². The summed E-state index contributed by atoms with van der Waals surface area (Å²) in [5.41, 5.74) is 4.68. The lowest BCUT2D eigenvalue weighted by Crippen LogP contribution is -2.76. The second-order valence-corrected chi connectivity index (χ2v) is 8.02. The van der Waals surface area contributed by atoms with E-state index in [2.05, 4.69) is 29.6 Å². The van der Waals surface area contributed by atoms with Crippen molar-refractivity contribution in [1.82, 2.24) is 5.32 Å². The van der Waals surface area contributed by atoms with E-state index in [-0.39, 0.29) is 11.8 Å². The Morgan fingerprint density at radius 3 is 1.97 bits per heavy atom. The summed E-state index contributed by atoms with van der Waals surface area (Å²) in [5.74, 6) is -0.296. The minimum atomic E-state index is -0.634. The molecule has 1 fully saturated rings. The van der Waals surface area contributed by atoms with E-state index < -0.39 is 10.9 Å². The van der Waals surface area contributed by atoms with Crippen LogP contribution in [-0.4, -0.2) is 24.1 Å². The van der Waals surface area contributed by atoms with Gasteiger partial charge in [-0.05, 0) is 41.1 Å². The number of amides is 2. The van der Waals surface area contributed by atoms with Crippen molar-refractivity contribution in [3.63, 3.8) is 0 Å². The molecule has 1 heterocycles. The lowest BCUT2D eigenvalue weighted by atomic mass is 9.86. The summed E-state index contributed by atoms with van der Waals surface area (Å²) >= 11 is 1.56. The fourth-order valence-corrected chi connectivity index (χ4v) is 4.90. The number of benzene rings is 3. The van der Waals surface area contributed by atoms with Gasteiger partial charge in [0.2, 0.25) is 5.91 Å². The smallest absolute Gasteiger partial charge is 0.254 e. The summed E-state index contributed by atoms with van der Waals surface area (Å²) in [4.78, 5) is 25.5. The number of para-hydroxylation sites is 1. The molecule has 2 unspecified atom stereocenters. The van der Waals surface area contributed by atoms with Gasteiger partial charge in [0.1, 0.15) is 10.9 Å². The molecule has 29 heavy (non-hydrogen) atoms. The molecule has 0 spiro atoms. The molecule has 1 saturated heterocycles. The van der Waals surface area contributed by atoms with Crippen LogP contribution >= 0.6 is 11.8 Å². The van der Waals surface area contributed by atoms with Gasteiger partial charge in [-0.25, -0.2) is 0 Å². The van der Waals surface area contributed by atoms with Gasteiger partial charge in [-0.15, -0.1) is 11.8 Å². The maximum Gasteiger partial charge on any atom is 0.254 e. The number of carbonyl (C=O) groups is 2. The highest BCUT2D eigenvalue weighted by Crippen LogP contribution is 2.51. The number of fused-ring (bicyclic) bond motifs is 1. The Balaban J connectivity index is 0.000000286. The van der Waals surface area contributed by atoms with Gasteiger partial charge in [0.15, 0.2) is 0 Å². The maximum absolute atomic E-state index is 12.7. The number of anilines is 1. The van der Waals surface area contributed by atoms with Crippen LogP contribution < -0.4 is 10.2 Å². The number of carbonyl (C=O) groups excluding carboxylic acids is 2. The number of rotatable bonds is 4. The fourth-order valence-electron chi connectivity index (χ4n) is 3.76. The summed E-state index contributed by atoms with van der Waals surface area (Å²) in [5, 5.41) is 2.82. The molecule has 4 nitrogen and oxygen atoms in total. The fraction of sp³-hybridized carbons (Fsp3) is 0.167. The van der Waals surface area contributed by atoms with Gasteiger partial charge in [-0.2, -0.15) is 0 Å². The topological polar surface area (TPSA) is 49.4 Å². The molecule has 3 aliphatic rings. The number of β-lactam (4-membered cyclic amide) rings is 1. The van der Waals surface area contributed by atoms with Crippen LogP contribution in [0, 0.1) is 0 Å². The zero-order valence-corrected chi connectivity index (χ0v) is 17.1. The van der Waals surface area contributed by atoms with Gasteiger partial charge in [0, 0.05) is 12.6 Å². The first-order valence-electron chi connectivity index (χ1n) is 9.45. The summed E-state index contributed by atoms with van der Waals surface area (Å²) in [7, 11) is 0. The van der Waals surface area contributed by atoms with Crippen LogP contribution in [0.4, 0.5) is 5.69 Å². The van der Waals surface area contributed by atoms with E-state index in [4.69, 9.17) is 0 Å². The molecule has 1 aliphatic heterocycles. The van der Waals surface area contributed by atoms with Gasteiger partial charge in [-0.3, -0.25) is 14.5 Å². The first-order chi connectivity index (χ1) is 14.1. The second kappa shape index (κ2) is 7.76. The average molecular weight is 403 g/mol. The van der Waals surface area contributed by atoms with Crippen molar-refractivity contribution in [1.29, 1.82) is 0 Å². The third-order valence-corrected chi connectivity index (χ3v) is 6.44. The van der Waals surface area contributed by atoms with Crippen LogP contribution in [-0.2, 0) is 14.5 Å². The van der Waals surface area contributed by atoms with Crippen LogP contribution in [0.1, 0.15) is 12.5 Å². The quantitative estimate of drug-likeness (QED) is 0.514. The van der Waals surface area contributed by atoms with Gasteiger partial charge in [0.05, 0.1) is 0 Å². The molecule has 2 atom stereocenters. The summed E-state index contributed by atoms with van der Waals surface area (Å²) in [6.45, 7) is 1.44. The number of hydrogen-bond donors (Lipinski definition) is 1. The molecular formula is C24H22N2O2S. The first-order valence-corrected chi connectivity index (χ1v) is 10.7. The molecule has 5 rings (SSSR count). The summed E-state index contributed by atoms with van der Waals surface area (Å²) in [6.07, 6.45) is 1.96. The Morgan fingerprint density at radius 2 is 1.52 bits per heavy atom. The molecule has 0 bridgehead atoms. The van der Waals surface area contributed by atoms with Gasteiger partial charge in [0.25, 0.3) is 5.91 Å². The molecule has 1 N–H and O–H groups in total. The monoisotopic (exact) mass is 402 g/mol. The Bertz CT molecular complexity index is 1020. The van der Waals surface area contributed by atoms with Gasteiger partial charge >= 0.3 is 0 Å². The molecule has 146 valence electrons. The van der Waals surface area contributed by atoms with Crippen molar-refractivity contribution >= 4 is 29.3 Å². The van der Waals surface area contributed by atoms with Gasteiger partial charge < -0.3 is 5.32 Å². The molecular weight excluding hydrogens is 380 g/mol. The molecule has 2 aromatic rings. The van der Waals surface area contributed by atoms with Crippen LogP contribution in [0.3, 0.4) is 0 Å². The number of hydrogen-bond acceptors (Lipinski definition) is 3.